The van der Waals surface area contributed by atoms with Crippen molar-refractivity contribution < 1.29 is 0 Å². The van der Waals surface area contributed by atoms with E-state index in [0.717, 1.165) is 17.8 Å². The lowest BCUT2D eigenvalue weighted by atomic mass is 10.2. The summed E-state index contributed by atoms with van der Waals surface area (Å²) in [7, 11) is 0. The van der Waals surface area contributed by atoms with Crippen LogP contribution in [0.1, 0.15) is 11.1 Å². The lowest BCUT2D eigenvalue weighted by molar-refractivity contribution is 1.12. The number of nitrogens with zero attached hydrogens (tertiary/aromatic N) is 1. The summed E-state index contributed by atoms with van der Waals surface area (Å²) >= 11 is 0. The van der Waals surface area contributed by atoms with E-state index in [2.05, 4.69) is 29.4 Å². The fourth-order valence-electron chi connectivity index (χ4n) is 1.57. The lowest BCUT2D eigenvalue weighted by Gasteiger charge is -2.09. The van der Waals surface area contributed by atoms with E-state index in [1.165, 1.54) is 5.56 Å². The Morgan fingerprint density at radius 2 is 2.06 bits per heavy atom. The fourth-order valence-corrected chi connectivity index (χ4v) is 1.57. The highest BCUT2D eigenvalue weighted by atomic mass is 14.9. The van der Waals surface area contributed by atoms with Crippen LogP contribution in [0, 0.1) is 6.92 Å². The minimum atomic E-state index is 0.559. The Labute approximate surface area is 95.3 Å². The molecule has 0 aliphatic rings. The summed E-state index contributed by atoms with van der Waals surface area (Å²) in [5, 5.41) is 3.37. The number of anilines is 2. The largest absolute Gasteiger partial charge is 0.384 e. The van der Waals surface area contributed by atoms with Crippen LogP contribution in [-0.4, -0.2) is 4.98 Å². The lowest BCUT2D eigenvalue weighted by Crippen LogP contribution is -2.02. The number of pyridine rings is 1. The smallest absolute Gasteiger partial charge is 0.123 e. The van der Waals surface area contributed by atoms with Gasteiger partial charge in [-0.3, -0.25) is 0 Å². The molecular formula is C13H15N3. The standard InChI is InChI=1S/C13H15N3/c1-10-4-2-3-5-12(10)16-9-11-6-7-15-13(14)8-11/h2-8,16H,9H2,1H3,(H2,14,15). The molecule has 2 aromatic rings. The van der Waals surface area contributed by atoms with Crippen LogP contribution in [0.5, 0.6) is 0 Å². The zero-order valence-corrected chi connectivity index (χ0v) is 9.27. The average Bonchev–Trinajstić information content (AvgIpc) is 2.28. The molecule has 0 amide bonds. The molecule has 0 unspecified atom stereocenters. The topological polar surface area (TPSA) is 50.9 Å². The summed E-state index contributed by atoms with van der Waals surface area (Å²) in [5.74, 6) is 0.559. The van der Waals surface area contributed by atoms with Crippen molar-refractivity contribution in [3.63, 3.8) is 0 Å². The third kappa shape index (κ3) is 2.51. The maximum atomic E-state index is 5.62. The van der Waals surface area contributed by atoms with Crippen molar-refractivity contribution in [3.8, 4) is 0 Å². The molecule has 1 aromatic heterocycles. The van der Waals surface area contributed by atoms with E-state index in [4.69, 9.17) is 5.73 Å². The molecule has 82 valence electrons. The molecule has 0 aliphatic carbocycles. The quantitative estimate of drug-likeness (QED) is 0.824. The molecule has 0 spiro atoms. The Morgan fingerprint density at radius 1 is 1.25 bits per heavy atom. The first kappa shape index (κ1) is 10.5. The fraction of sp³-hybridized carbons (Fsp3) is 0.154. The Balaban J connectivity index is 2.05. The Hall–Kier alpha value is -2.03. The molecule has 1 aromatic carbocycles. The minimum absolute atomic E-state index is 0.559. The molecule has 16 heavy (non-hydrogen) atoms. The van der Waals surface area contributed by atoms with E-state index in [-0.39, 0.29) is 0 Å². The minimum Gasteiger partial charge on any atom is -0.384 e. The van der Waals surface area contributed by atoms with Crippen LogP contribution < -0.4 is 11.1 Å². The van der Waals surface area contributed by atoms with Gasteiger partial charge in [-0.15, -0.1) is 0 Å². The highest BCUT2D eigenvalue weighted by molar-refractivity contribution is 5.50. The first-order chi connectivity index (χ1) is 7.75. The van der Waals surface area contributed by atoms with Crippen LogP contribution in [0.2, 0.25) is 0 Å². The monoisotopic (exact) mass is 213 g/mol. The number of nitrogen functional groups attached to an aromatic ring is 1. The molecule has 0 bridgehead atoms. The first-order valence-corrected chi connectivity index (χ1v) is 5.25. The molecule has 0 fully saturated rings. The average molecular weight is 213 g/mol. The van der Waals surface area contributed by atoms with Gasteiger partial charge in [0.2, 0.25) is 0 Å². The molecule has 0 aliphatic heterocycles. The maximum absolute atomic E-state index is 5.62. The van der Waals surface area contributed by atoms with Gasteiger partial charge in [0.15, 0.2) is 0 Å². The third-order valence-electron chi connectivity index (χ3n) is 2.47. The van der Waals surface area contributed by atoms with Crippen LogP contribution in [0.25, 0.3) is 0 Å². The predicted octanol–water partition coefficient (Wildman–Crippen LogP) is 2.58. The van der Waals surface area contributed by atoms with E-state index in [9.17, 15) is 0 Å². The number of hydrogen-bond donors (Lipinski definition) is 2. The van der Waals surface area contributed by atoms with E-state index in [1.807, 2.05) is 24.3 Å². The summed E-state index contributed by atoms with van der Waals surface area (Å²) in [6.07, 6.45) is 1.73. The van der Waals surface area contributed by atoms with Gasteiger partial charge in [0.25, 0.3) is 0 Å². The van der Waals surface area contributed by atoms with Crippen molar-refractivity contribution in [1.29, 1.82) is 0 Å². The van der Waals surface area contributed by atoms with E-state index < -0.39 is 0 Å². The number of aryl methyl sites for hydroxylation is 1. The van der Waals surface area contributed by atoms with Crippen molar-refractivity contribution in [3.05, 3.63) is 53.7 Å². The molecule has 3 nitrogen and oxygen atoms in total. The molecule has 2 rings (SSSR count). The van der Waals surface area contributed by atoms with E-state index >= 15 is 0 Å². The Bertz CT molecular complexity index is 480. The van der Waals surface area contributed by atoms with Gasteiger partial charge in [-0.25, -0.2) is 4.98 Å². The summed E-state index contributed by atoms with van der Waals surface area (Å²) in [6.45, 7) is 2.85. The Kier molecular flexibility index (Phi) is 3.05. The van der Waals surface area contributed by atoms with Crippen molar-refractivity contribution in [2.45, 2.75) is 13.5 Å². The molecule has 1 heterocycles. The van der Waals surface area contributed by atoms with Gasteiger partial charge in [-0.05, 0) is 36.2 Å². The Morgan fingerprint density at radius 3 is 2.81 bits per heavy atom. The molecular weight excluding hydrogens is 198 g/mol. The van der Waals surface area contributed by atoms with Crippen molar-refractivity contribution in [1.82, 2.24) is 4.98 Å². The normalized spacial score (nSPS) is 10.1. The molecule has 0 saturated carbocycles. The summed E-state index contributed by atoms with van der Waals surface area (Å²) < 4.78 is 0. The van der Waals surface area contributed by atoms with Gasteiger partial charge < -0.3 is 11.1 Å². The van der Waals surface area contributed by atoms with Crippen LogP contribution in [0.3, 0.4) is 0 Å². The third-order valence-corrected chi connectivity index (χ3v) is 2.47. The SMILES string of the molecule is Cc1ccccc1NCc1ccnc(N)c1. The highest BCUT2D eigenvalue weighted by Gasteiger charge is 1.97. The molecule has 0 radical (unpaired) electrons. The van der Waals surface area contributed by atoms with E-state index in [0.29, 0.717) is 5.82 Å². The van der Waals surface area contributed by atoms with E-state index in [1.54, 1.807) is 6.20 Å². The number of hydrogen-bond acceptors (Lipinski definition) is 3. The molecule has 3 heteroatoms. The maximum Gasteiger partial charge on any atom is 0.123 e. The van der Waals surface area contributed by atoms with Crippen molar-refractivity contribution in [2.75, 3.05) is 11.1 Å². The molecule has 0 atom stereocenters. The van der Waals surface area contributed by atoms with Gasteiger partial charge in [0.05, 0.1) is 0 Å². The molecule has 3 N–H and O–H groups in total. The second-order valence-electron chi connectivity index (χ2n) is 3.76. The summed E-state index contributed by atoms with van der Waals surface area (Å²) in [4.78, 5) is 3.96. The number of nitrogens with one attached hydrogen (secondary N) is 1. The zero-order valence-electron chi connectivity index (χ0n) is 9.27. The highest BCUT2D eigenvalue weighted by Crippen LogP contribution is 2.14. The van der Waals surface area contributed by atoms with Gasteiger partial charge in [-0.2, -0.15) is 0 Å². The predicted molar refractivity (Wildman–Crippen MR) is 67.2 cm³/mol. The number of para-hydroxylation sites is 1. The van der Waals surface area contributed by atoms with Gasteiger partial charge in [0, 0.05) is 18.4 Å². The van der Waals surface area contributed by atoms with Crippen LogP contribution >= 0.6 is 0 Å². The van der Waals surface area contributed by atoms with Crippen molar-refractivity contribution >= 4 is 11.5 Å². The first-order valence-electron chi connectivity index (χ1n) is 5.25. The number of rotatable bonds is 3. The second-order valence-corrected chi connectivity index (χ2v) is 3.76. The number of benzene rings is 1. The van der Waals surface area contributed by atoms with Crippen LogP contribution in [0.4, 0.5) is 11.5 Å². The number of nitrogens with two attached hydrogens (primary N) is 1. The zero-order chi connectivity index (χ0) is 11.4. The number of aromatic nitrogens is 1. The summed E-state index contributed by atoms with van der Waals surface area (Å²) in [5.41, 5.74) is 9.14. The van der Waals surface area contributed by atoms with Crippen LogP contribution in [-0.2, 0) is 6.54 Å². The van der Waals surface area contributed by atoms with Gasteiger partial charge >= 0.3 is 0 Å². The van der Waals surface area contributed by atoms with Gasteiger partial charge in [0.1, 0.15) is 5.82 Å². The van der Waals surface area contributed by atoms with Gasteiger partial charge in [-0.1, -0.05) is 18.2 Å². The summed E-state index contributed by atoms with van der Waals surface area (Å²) in [6, 6.07) is 12.1. The molecule has 0 saturated heterocycles. The van der Waals surface area contributed by atoms with Crippen LogP contribution in [0.15, 0.2) is 42.6 Å². The van der Waals surface area contributed by atoms with Crippen molar-refractivity contribution in [2.24, 2.45) is 0 Å². The second kappa shape index (κ2) is 4.66.